The topological polar surface area (TPSA) is 24.9 Å². The minimum absolute atomic E-state index is 0.278. The lowest BCUT2D eigenvalue weighted by atomic mass is 10.1. The molecule has 0 radical (unpaired) electrons. The predicted octanol–water partition coefficient (Wildman–Crippen LogP) is 4.91. The Morgan fingerprint density at radius 2 is 2.14 bits per heavy atom. The van der Waals surface area contributed by atoms with E-state index in [1.807, 2.05) is 0 Å². The van der Waals surface area contributed by atoms with Gasteiger partial charge in [-0.25, -0.2) is 9.37 Å². The van der Waals surface area contributed by atoms with Crippen LogP contribution in [0.25, 0.3) is 10.6 Å². The van der Waals surface area contributed by atoms with Crippen LogP contribution in [0.2, 0.25) is 5.02 Å². The number of hydrogen-bond acceptors (Lipinski definition) is 3. The van der Waals surface area contributed by atoms with Crippen LogP contribution in [0.3, 0.4) is 0 Å². The summed E-state index contributed by atoms with van der Waals surface area (Å²) in [5, 5.41) is 4.55. The van der Waals surface area contributed by atoms with Crippen molar-refractivity contribution in [1.82, 2.24) is 10.3 Å². The fourth-order valence-corrected chi connectivity index (χ4v) is 3.33. The third-order valence-corrected chi connectivity index (χ3v) is 4.44. The summed E-state index contributed by atoms with van der Waals surface area (Å²) in [7, 11) is 0. The molecule has 1 N–H and O–H groups in total. The van der Waals surface area contributed by atoms with Crippen molar-refractivity contribution in [2.75, 3.05) is 6.54 Å². The maximum atomic E-state index is 14.0. The number of nitrogens with one attached hydrogen (secondary N) is 1. The fraction of sp³-hybridized carbons (Fsp3) is 0.438. The molecule has 114 valence electrons. The van der Waals surface area contributed by atoms with Crippen LogP contribution in [0.5, 0.6) is 0 Å². The number of thiazole rings is 1. The van der Waals surface area contributed by atoms with Gasteiger partial charge in [0.25, 0.3) is 0 Å². The van der Waals surface area contributed by atoms with Crippen LogP contribution in [0.4, 0.5) is 4.39 Å². The summed E-state index contributed by atoms with van der Waals surface area (Å²) in [6, 6.07) is 4.60. The van der Waals surface area contributed by atoms with E-state index in [4.69, 9.17) is 11.6 Å². The van der Waals surface area contributed by atoms with Crippen molar-refractivity contribution in [2.24, 2.45) is 5.92 Å². The molecule has 2 aromatic rings. The van der Waals surface area contributed by atoms with Gasteiger partial charge in [-0.3, -0.25) is 0 Å². The standard InChI is InChI=1S/C16H20ClFN2S/c1-4-19-9-15-14(7-10(2)3)20-16(21-15)12-8-11(17)5-6-13(12)18/h5-6,8,10,19H,4,7,9H2,1-3H3. The Balaban J connectivity index is 2.39. The zero-order valence-electron chi connectivity index (χ0n) is 12.5. The Hall–Kier alpha value is -0.970. The largest absolute Gasteiger partial charge is 0.312 e. The zero-order valence-corrected chi connectivity index (χ0v) is 14.1. The van der Waals surface area contributed by atoms with Crippen molar-refractivity contribution in [2.45, 2.75) is 33.7 Å². The third kappa shape index (κ3) is 4.25. The van der Waals surface area contributed by atoms with E-state index in [9.17, 15) is 4.39 Å². The minimum atomic E-state index is -0.278. The van der Waals surface area contributed by atoms with Gasteiger partial charge in [0, 0.05) is 22.0 Å². The van der Waals surface area contributed by atoms with Crippen molar-refractivity contribution >= 4 is 22.9 Å². The molecule has 1 heterocycles. The molecule has 0 aliphatic heterocycles. The van der Waals surface area contributed by atoms with Crippen molar-refractivity contribution in [3.63, 3.8) is 0 Å². The summed E-state index contributed by atoms with van der Waals surface area (Å²) in [5.74, 6) is 0.240. The molecular weight excluding hydrogens is 307 g/mol. The molecule has 2 rings (SSSR count). The molecule has 0 aliphatic rings. The molecule has 5 heteroatoms. The Kier molecular flexibility index (Phi) is 5.73. The normalized spacial score (nSPS) is 11.3. The molecule has 0 amide bonds. The van der Waals surface area contributed by atoms with Gasteiger partial charge < -0.3 is 5.32 Å². The fourth-order valence-electron chi connectivity index (χ4n) is 2.08. The lowest BCUT2D eigenvalue weighted by Crippen LogP contribution is -2.12. The Morgan fingerprint density at radius 3 is 2.81 bits per heavy atom. The van der Waals surface area contributed by atoms with Crippen molar-refractivity contribution < 1.29 is 4.39 Å². The molecular formula is C16H20ClFN2S. The van der Waals surface area contributed by atoms with Crippen LogP contribution in [0.1, 0.15) is 31.3 Å². The summed E-state index contributed by atoms with van der Waals surface area (Å²) < 4.78 is 14.0. The number of hydrogen-bond donors (Lipinski definition) is 1. The second-order valence-corrected chi connectivity index (χ2v) is 6.91. The summed E-state index contributed by atoms with van der Waals surface area (Å²) >= 11 is 7.52. The van der Waals surface area contributed by atoms with Crippen LogP contribution >= 0.6 is 22.9 Å². The highest BCUT2D eigenvalue weighted by Crippen LogP contribution is 2.32. The smallest absolute Gasteiger partial charge is 0.133 e. The molecule has 1 aromatic carbocycles. The van der Waals surface area contributed by atoms with E-state index in [1.54, 1.807) is 23.5 Å². The maximum Gasteiger partial charge on any atom is 0.133 e. The second kappa shape index (κ2) is 7.34. The van der Waals surface area contributed by atoms with Gasteiger partial charge in [0.1, 0.15) is 10.8 Å². The number of halogens is 2. The molecule has 1 aromatic heterocycles. The maximum absolute atomic E-state index is 14.0. The van der Waals surface area contributed by atoms with E-state index in [2.05, 4.69) is 31.1 Å². The monoisotopic (exact) mass is 326 g/mol. The van der Waals surface area contributed by atoms with Gasteiger partial charge in [0.05, 0.1) is 5.69 Å². The van der Waals surface area contributed by atoms with Crippen LogP contribution in [0.15, 0.2) is 18.2 Å². The van der Waals surface area contributed by atoms with E-state index in [0.717, 1.165) is 25.2 Å². The molecule has 0 bridgehead atoms. The molecule has 0 aliphatic carbocycles. The molecule has 0 unspecified atom stereocenters. The number of benzene rings is 1. The first-order valence-corrected chi connectivity index (χ1v) is 8.35. The SMILES string of the molecule is CCNCc1sc(-c2cc(Cl)ccc2F)nc1CC(C)C. The van der Waals surface area contributed by atoms with Crippen LogP contribution in [-0.2, 0) is 13.0 Å². The molecule has 0 saturated carbocycles. The van der Waals surface area contributed by atoms with Gasteiger partial charge in [-0.2, -0.15) is 0 Å². The zero-order chi connectivity index (χ0) is 15.4. The van der Waals surface area contributed by atoms with Crippen molar-refractivity contribution in [3.8, 4) is 10.6 Å². The Labute approximate surface area is 134 Å². The van der Waals surface area contributed by atoms with Crippen LogP contribution in [0, 0.1) is 11.7 Å². The molecule has 21 heavy (non-hydrogen) atoms. The first kappa shape index (κ1) is 16.4. The number of nitrogens with zero attached hydrogens (tertiary/aromatic N) is 1. The number of rotatable bonds is 6. The first-order valence-electron chi connectivity index (χ1n) is 7.16. The molecule has 0 fully saturated rings. The van der Waals surface area contributed by atoms with E-state index in [-0.39, 0.29) is 5.82 Å². The quantitative estimate of drug-likeness (QED) is 0.815. The molecule has 0 saturated heterocycles. The molecule has 2 nitrogen and oxygen atoms in total. The second-order valence-electron chi connectivity index (χ2n) is 5.39. The van der Waals surface area contributed by atoms with E-state index in [0.29, 0.717) is 21.5 Å². The average Bonchev–Trinajstić information content (AvgIpc) is 2.81. The van der Waals surface area contributed by atoms with Gasteiger partial charge >= 0.3 is 0 Å². The Morgan fingerprint density at radius 1 is 1.38 bits per heavy atom. The predicted molar refractivity (Wildman–Crippen MR) is 88.4 cm³/mol. The lowest BCUT2D eigenvalue weighted by Gasteiger charge is -2.04. The highest BCUT2D eigenvalue weighted by molar-refractivity contribution is 7.15. The van der Waals surface area contributed by atoms with Crippen LogP contribution in [-0.4, -0.2) is 11.5 Å². The summed E-state index contributed by atoms with van der Waals surface area (Å²) in [6.07, 6.45) is 0.902. The lowest BCUT2D eigenvalue weighted by molar-refractivity contribution is 0.625. The van der Waals surface area contributed by atoms with Gasteiger partial charge in [-0.15, -0.1) is 11.3 Å². The Bertz CT molecular complexity index is 610. The van der Waals surface area contributed by atoms with Gasteiger partial charge in [0.2, 0.25) is 0 Å². The molecule has 0 spiro atoms. The summed E-state index contributed by atoms with van der Waals surface area (Å²) in [6.45, 7) is 8.07. The van der Waals surface area contributed by atoms with Crippen molar-refractivity contribution in [3.05, 3.63) is 39.6 Å². The molecule has 0 atom stereocenters. The summed E-state index contributed by atoms with van der Waals surface area (Å²) in [4.78, 5) is 5.84. The highest BCUT2D eigenvalue weighted by Gasteiger charge is 2.16. The highest BCUT2D eigenvalue weighted by atomic mass is 35.5. The number of aromatic nitrogens is 1. The van der Waals surface area contributed by atoms with Crippen molar-refractivity contribution in [1.29, 1.82) is 0 Å². The van der Waals surface area contributed by atoms with Crippen LogP contribution < -0.4 is 5.32 Å². The summed E-state index contributed by atoms with van der Waals surface area (Å²) in [5.41, 5.74) is 1.55. The van der Waals surface area contributed by atoms with E-state index >= 15 is 0 Å². The first-order chi connectivity index (χ1) is 10.0. The van der Waals surface area contributed by atoms with Gasteiger partial charge in [-0.05, 0) is 37.1 Å². The minimum Gasteiger partial charge on any atom is -0.312 e. The van der Waals surface area contributed by atoms with E-state index < -0.39 is 0 Å². The third-order valence-electron chi connectivity index (χ3n) is 3.07. The van der Waals surface area contributed by atoms with Gasteiger partial charge in [-0.1, -0.05) is 32.4 Å². The van der Waals surface area contributed by atoms with E-state index in [1.165, 1.54) is 10.9 Å². The average molecular weight is 327 g/mol. The van der Waals surface area contributed by atoms with Gasteiger partial charge in [0.15, 0.2) is 0 Å².